The summed E-state index contributed by atoms with van der Waals surface area (Å²) in [7, 11) is 0. The molecule has 24 heavy (non-hydrogen) atoms. The number of ketones is 2. The van der Waals surface area contributed by atoms with E-state index in [1.54, 1.807) is 25.1 Å². The maximum atomic E-state index is 13.1. The number of phenols is 1. The van der Waals surface area contributed by atoms with Crippen LogP contribution in [-0.4, -0.2) is 16.7 Å². The quantitative estimate of drug-likeness (QED) is 0.868. The number of aromatic hydroxyl groups is 1. The lowest BCUT2D eigenvalue weighted by Crippen LogP contribution is -2.49. The molecule has 0 aromatic heterocycles. The van der Waals surface area contributed by atoms with Crippen LogP contribution in [0.5, 0.6) is 5.75 Å². The highest BCUT2D eigenvalue weighted by atomic mass is 35.5. The van der Waals surface area contributed by atoms with Crippen LogP contribution in [0.4, 0.5) is 0 Å². The molecule has 0 bridgehead atoms. The van der Waals surface area contributed by atoms with E-state index in [2.05, 4.69) is 6.58 Å². The monoisotopic (exact) mass is 342 g/mol. The minimum atomic E-state index is -0.962. The van der Waals surface area contributed by atoms with Crippen molar-refractivity contribution in [3.63, 3.8) is 0 Å². The molecule has 1 aromatic carbocycles. The van der Waals surface area contributed by atoms with E-state index in [4.69, 9.17) is 11.6 Å². The average molecular weight is 343 g/mol. The smallest absolute Gasteiger partial charge is 0.166 e. The average Bonchev–Trinajstić information content (AvgIpc) is 2.54. The number of halogens is 1. The molecule has 0 aliphatic heterocycles. The topological polar surface area (TPSA) is 54.4 Å². The van der Waals surface area contributed by atoms with Crippen molar-refractivity contribution in [3.05, 3.63) is 64.7 Å². The van der Waals surface area contributed by atoms with Crippen LogP contribution in [0.3, 0.4) is 0 Å². The molecule has 3 nitrogen and oxygen atoms in total. The zero-order valence-corrected chi connectivity index (χ0v) is 14.4. The van der Waals surface area contributed by atoms with Crippen LogP contribution in [0.15, 0.2) is 54.2 Å². The van der Waals surface area contributed by atoms with Gasteiger partial charge in [-0.3, -0.25) is 9.59 Å². The summed E-state index contributed by atoms with van der Waals surface area (Å²) >= 11 is 6.12. The van der Waals surface area contributed by atoms with E-state index < -0.39 is 17.3 Å². The van der Waals surface area contributed by atoms with Gasteiger partial charge in [-0.2, -0.15) is 0 Å². The van der Waals surface area contributed by atoms with Crippen LogP contribution in [0.2, 0.25) is 5.02 Å². The first-order chi connectivity index (χ1) is 11.3. The Morgan fingerprint density at radius 2 is 2.08 bits per heavy atom. The number of allylic oxidation sites excluding steroid dienone is 5. The molecule has 0 fully saturated rings. The summed E-state index contributed by atoms with van der Waals surface area (Å²) in [6.07, 6.45) is 5.56. The summed E-state index contributed by atoms with van der Waals surface area (Å²) in [6, 6.07) is 4.78. The molecule has 1 aromatic rings. The third kappa shape index (κ3) is 2.27. The number of rotatable bonds is 2. The van der Waals surface area contributed by atoms with Crippen molar-refractivity contribution < 1.29 is 14.7 Å². The first-order valence-electron chi connectivity index (χ1n) is 7.88. The van der Waals surface area contributed by atoms with Gasteiger partial charge in [-0.15, -0.1) is 0 Å². The second kappa shape index (κ2) is 5.75. The fraction of sp³-hybridized carbons (Fsp3) is 0.300. The molecule has 4 heteroatoms. The number of fused-ring (bicyclic) bond motifs is 1. The molecule has 1 N–H and O–H groups in total. The van der Waals surface area contributed by atoms with E-state index in [0.29, 0.717) is 22.6 Å². The Morgan fingerprint density at radius 1 is 1.38 bits per heavy atom. The molecule has 3 unspecified atom stereocenters. The minimum Gasteiger partial charge on any atom is -0.508 e. The van der Waals surface area contributed by atoms with E-state index in [9.17, 15) is 14.7 Å². The summed E-state index contributed by atoms with van der Waals surface area (Å²) in [6.45, 7) is 7.33. The van der Waals surface area contributed by atoms with Crippen molar-refractivity contribution in [3.8, 4) is 5.75 Å². The number of carbonyl (C=O) groups excluding carboxylic acids is 2. The molecule has 0 amide bonds. The van der Waals surface area contributed by atoms with E-state index >= 15 is 0 Å². The third-order valence-electron chi connectivity index (χ3n) is 5.33. The molecule has 0 saturated heterocycles. The van der Waals surface area contributed by atoms with E-state index in [1.807, 2.05) is 13.0 Å². The predicted octanol–water partition coefficient (Wildman–Crippen LogP) is 4.37. The highest BCUT2D eigenvalue weighted by Crippen LogP contribution is 2.56. The molecule has 0 heterocycles. The zero-order chi connectivity index (χ0) is 17.6. The second-order valence-electron chi connectivity index (χ2n) is 6.67. The van der Waals surface area contributed by atoms with Gasteiger partial charge >= 0.3 is 0 Å². The van der Waals surface area contributed by atoms with Gasteiger partial charge in [0.05, 0.1) is 5.41 Å². The number of Topliss-reactive ketones (excluding diaryl/α,β-unsaturated/α-hetero) is 1. The van der Waals surface area contributed by atoms with Crippen LogP contribution in [0.25, 0.3) is 0 Å². The van der Waals surface area contributed by atoms with Gasteiger partial charge in [0.25, 0.3) is 0 Å². The second-order valence-corrected chi connectivity index (χ2v) is 7.11. The number of hydrogen-bond acceptors (Lipinski definition) is 3. The van der Waals surface area contributed by atoms with E-state index in [0.717, 1.165) is 5.57 Å². The highest BCUT2D eigenvalue weighted by Gasteiger charge is 2.55. The Bertz CT molecular complexity index is 818. The summed E-state index contributed by atoms with van der Waals surface area (Å²) in [5.74, 6) is -0.954. The Morgan fingerprint density at radius 3 is 2.75 bits per heavy atom. The summed E-state index contributed by atoms with van der Waals surface area (Å²) in [4.78, 5) is 25.6. The van der Waals surface area contributed by atoms with Crippen molar-refractivity contribution in [1.82, 2.24) is 0 Å². The number of benzene rings is 1. The Labute approximate surface area is 146 Å². The molecular formula is C20H19ClO3. The summed E-state index contributed by atoms with van der Waals surface area (Å²) < 4.78 is 0. The molecule has 3 atom stereocenters. The van der Waals surface area contributed by atoms with Gasteiger partial charge in [-0.25, -0.2) is 0 Å². The number of carbonyl (C=O) groups is 2. The lowest BCUT2D eigenvalue weighted by molar-refractivity contribution is -0.137. The molecule has 2 aliphatic carbocycles. The molecule has 2 aliphatic rings. The largest absolute Gasteiger partial charge is 0.508 e. The normalized spacial score (nSPS) is 29.6. The van der Waals surface area contributed by atoms with Gasteiger partial charge in [0.1, 0.15) is 5.75 Å². The van der Waals surface area contributed by atoms with E-state index in [-0.39, 0.29) is 17.3 Å². The van der Waals surface area contributed by atoms with Crippen LogP contribution in [0.1, 0.15) is 31.7 Å². The minimum absolute atomic E-state index is 0.0412. The molecule has 0 spiro atoms. The van der Waals surface area contributed by atoms with Gasteiger partial charge in [0.2, 0.25) is 0 Å². The summed E-state index contributed by atoms with van der Waals surface area (Å²) in [5.41, 5.74) is 0.880. The lowest BCUT2D eigenvalue weighted by atomic mass is 9.53. The lowest BCUT2D eigenvalue weighted by Gasteiger charge is -2.47. The zero-order valence-electron chi connectivity index (χ0n) is 13.7. The fourth-order valence-electron chi connectivity index (χ4n) is 4.13. The molecule has 3 rings (SSSR count). The molecule has 124 valence electrons. The highest BCUT2D eigenvalue weighted by molar-refractivity contribution is 6.30. The van der Waals surface area contributed by atoms with Crippen molar-refractivity contribution in [2.45, 2.75) is 26.2 Å². The third-order valence-corrected chi connectivity index (χ3v) is 5.57. The maximum absolute atomic E-state index is 13.1. The first kappa shape index (κ1) is 16.7. The van der Waals surface area contributed by atoms with Gasteiger partial charge < -0.3 is 5.11 Å². The van der Waals surface area contributed by atoms with Gasteiger partial charge in [0, 0.05) is 22.4 Å². The van der Waals surface area contributed by atoms with Crippen LogP contribution in [-0.2, 0) is 9.59 Å². The SMILES string of the molecule is C=CC1=CCC2C(=O)C=C(C)C(=O)C2(C)C1c1cc(Cl)ccc1O. The van der Waals surface area contributed by atoms with E-state index in [1.165, 1.54) is 12.1 Å². The van der Waals surface area contributed by atoms with Crippen molar-refractivity contribution in [2.24, 2.45) is 11.3 Å². The standard InChI is InChI=1S/C20H19ClO3/c1-4-12-5-7-15-17(23)9-11(2)19(24)20(15,3)18(12)14-10-13(21)6-8-16(14)22/h4-6,8-10,15,18,22H,1,7H2,2-3H3. The molecule has 0 saturated carbocycles. The number of phenolic OH excluding ortho intramolecular Hbond substituents is 1. The van der Waals surface area contributed by atoms with Crippen LogP contribution < -0.4 is 0 Å². The van der Waals surface area contributed by atoms with Crippen molar-refractivity contribution in [2.75, 3.05) is 0 Å². The summed E-state index contributed by atoms with van der Waals surface area (Å²) in [5, 5.41) is 10.9. The molecule has 0 radical (unpaired) electrons. The number of hydrogen-bond donors (Lipinski definition) is 1. The molecular weight excluding hydrogens is 324 g/mol. The predicted molar refractivity (Wildman–Crippen MR) is 94.1 cm³/mol. The van der Waals surface area contributed by atoms with Crippen LogP contribution >= 0.6 is 11.6 Å². The van der Waals surface area contributed by atoms with Crippen molar-refractivity contribution >= 4 is 23.2 Å². The van der Waals surface area contributed by atoms with Gasteiger partial charge in [-0.1, -0.05) is 37.3 Å². The Hall–Kier alpha value is -2.13. The Kier molecular flexibility index (Phi) is 4.00. The first-order valence-corrected chi connectivity index (χ1v) is 8.26. The maximum Gasteiger partial charge on any atom is 0.166 e. The van der Waals surface area contributed by atoms with Crippen LogP contribution in [0, 0.1) is 11.3 Å². The fourth-order valence-corrected chi connectivity index (χ4v) is 4.31. The van der Waals surface area contributed by atoms with Gasteiger partial charge in [-0.05, 0) is 48.8 Å². The van der Waals surface area contributed by atoms with Crippen molar-refractivity contribution in [1.29, 1.82) is 0 Å². The Balaban J connectivity index is 2.29. The van der Waals surface area contributed by atoms with Gasteiger partial charge in [0.15, 0.2) is 11.6 Å².